The molecule has 1 aliphatic rings. The predicted octanol–water partition coefficient (Wildman–Crippen LogP) is 3.08. The van der Waals surface area contributed by atoms with Gasteiger partial charge in [-0.1, -0.05) is 6.07 Å². The molecule has 188 valence electrons. The van der Waals surface area contributed by atoms with Crippen molar-refractivity contribution in [3.05, 3.63) is 72.7 Å². The zero-order valence-corrected chi connectivity index (χ0v) is 20.5. The van der Waals surface area contributed by atoms with Crippen LogP contribution in [0.4, 0.5) is 29.0 Å². The summed E-state index contributed by atoms with van der Waals surface area (Å²) in [5.41, 5.74) is 3.48. The lowest BCUT2D eigenvalue weighted by Gasteiger charge is -2.33. The first kappa shape index (κ1) is 24.1. The molecule has 5 rings (SSSR count). The van der Waals surface area contributed by atoms with E-state index in [9.17, 15) is 4.79 Å². The van der Waals surface area contributed by atoms with Gasteiger partial charge in [-0.05, 0) is 55.5 Å². The molecule has 37 heavy (non-hydrogen) atoms. The molecule has 1 aliphatic heterocycles. The Morgan fingerprint density at radius 3 is 2.54 bits per heavy atom. The van der Waals surface area contributed by atoms with Crippen molar-refractivity contribution in [1.29, 1.82) is 0 Å². The van der Waals surface area contributed by atoms with Gasteiger partial charge < -0.3 is 25.6 Å². The normalized spacial score (nSPS) is 15.2. The molecule has 1 aromatic carbocycles. The Kier molecular flexibility index (Phi) is 7.13. The number of nitrogens with one attached hydrogen (secondary N) is 3. The van der Waals surface area contributed by atoms with E-state index >= 15 is 0 Å². The Morgan fingerprint density at radius 2 is 1.76 bits per heavy atom. The highest BCUT2D eigenvalue weighted by atomic mass is 16.5. The average Bonchev–Trinajstić information content (AvgIpc) is 2.93. The zero-order valence-electron chi connectivity index (χ0n) is 20.5. The lowest BCUT2D eigenvalue weighted by atomic mass is 10.1. The molecule has 1 saturated heterocycles. The molecule has 1 fully saturated rings. The third kappa shape index (κ3) is 5.96. The number of carbonyl (C=O) groups is 1. The van der Waals surface area contributed by atoms with Crippen LogP contribution in [0, 0.1) is 6.92 Å². The Balaban J connectivity index is 1.24. The Morgan fingerprint density at radius 1 is 0.973 bits per heavy atom. The van der Waals surface area contributed by atoms with Gasteiger partial charge in [0.1, 0.15) is 23.4 Å². The van der Waals surface area contributed by atoms with Gasteiger partial charge in [0.25, 0.3) is 0 Å². The number of nitrogens with zero attached hydrogens (tertiary/aromatic N) is 6. The van der Waals surface area contributed by atoms with Crippen molar-refractivity contribution in [2.24, 2.45) is 0 Å². The number of carbonyl (C=O) groups excluding carboxylic acids is 1. The number of pyridine rings is 1. The first-order valence-corrected chi connectivity index (χ1v) is 11.9. The molecular weight excluding hydrogens is 470 g/mol. The lowest BCUT2D eigenvalue weighted by Crippen LogP contribution is -2.54. The molecule has 0 unspecified atom stereocenters. The number of methoxy groups -OCH3 is 1. The summed E-state index contributed by atoms with van der Waals surface area (Å²) in [7, 11) is 1.41. The minimum Gasteiger partial charge on any atom is -0.468 e. The van der Waals surface area contributed by atoms with Crippen molar-refractivity contribution in [2.45, 2.75) is 13.0 Å². The third-order valence-electron chi connectivity index (χ3n) is 5.83. The molecule has 1 atom stereocenters. The fourth-order valence-corrected chi connectivity index (χ4v) is 4.01. The summed E-state index contributed by atoms with van der Waals surface area (Å²) in [5, 5.41) is 9.62. The van der Waals surface area contributed by atoms with E-state index < -0.39 is 0 Å². The minimum atomic E-state index is -0.334. The second-order valence-electron chi connectivity index (χ2n) is 8.47. The highest BCUT2D eigenvalue weighted by molar-refractivity contribution is 5.77. The molecular formula is C26H27N9O2. The molecule has 0 bridgehead atoms. The summed E-state index contributed by atoms with van der Waals surface area (Å²) >= 11 is 0. The molecule has 4 heterocycles. The van der Waals surface area contributed by atoms with Gasteiger partial charge in [-0.2, -0.15) is 4.98 Å². The number of hydrogen-bond acceptors (Lipinski definition) is 11. The smallest absolute Gasteiger partial charge is 0.324 e. The third-order valence-corrected chi connectivity index (χ3v) is 5.83. The van der Waals surface area contributed by atoms with Crippen molar-refractivity contribution in [2.75, 3.05) is 42.3 Å². The van der Waals surface area contributed by atoms with Crippen LogP contribution in [-0.4, -0.2) is 63.7 Å². The maximum atomic E-state index is 11.9. The summed E-state index contributed by atoms with van der Waals surface area (Å²) in [4.78, 5) is 36.3. The lowest BCUT2D eigenvalue weighted by molar-refractivity contribution is -0.143. The number of anilines is 5. The summed E-state index contributed by atoms with van der Waals surface area (Å²) in [6.07, 6.45) is 3.35. The largest absolute Gasteiger partial charge is 0.468 e. The fraction of sp³-hybridized carbons (Fsp3) is 0.231. The van der Waals surface area contributed by atoms with Gasteiger partial charge >= 0.3 is 5.97 Å². The van der Waals surface area contributed by atoms with Gasteiger partial charge in [-0.3, -0.25) is 4.79 Å². The van der Waals surface area contributed by atoms with Crippen LogP contribution < -0.4 is 20.9 Å². The summed E-state index contributed by atoms with van der Waals surface area (Å²) in [6, 6.07) is 16.9. The quantitative estimate of drug-likeness (QED) is 0.326. The minimum absolute atomic E-state index is 0.251. The second-order valence-corrected chi connectivity index (χ2v) is 8.47. The summed E-state index contributed by atoms with van der Waals surface area (Å²) < 4.78 is 4.87. The van der Waals surface area contributed by atoms with E-state index in [2.05, 4.69) is 45.8 Å². The highest BCUT2D eigenvalue weighted by Crippen LogP contribution is 2.22. The van der Waals surface area contributed by atoms with Crippen LogP contribution in [0.2, 0.25) is 0 Å². The zero-order chi connectivity index (χ0) is 25.6. The molecule has 11 heteroatoms. The maximum absolute atomic E-state index is 11.9. The van der Waals surface area contributed by atoms with E-state index in [-0.39, 0.29) is 12.0 Å². The van der Waals surface area contributed by atoms with E-state index in [1.165, 1.54) is 7.11 Å². The van der Waals surface area contributed by atoms with Crippen LogP contribution in [-0.2, 0) is 9.53 Å². The average molecular weight is 498 g/mol. The van der Waals surface area contributed by atoms with Crippen molar-refractivity contribution < 1.29 is 9.53 Å². The van der Waals surface area contributed by atoms with E-state index in [1.807, 2.05) is 49.4 Å². The van der Waals surface area contributed by atoms with Crippen molar-refractivity contribution in [3.8, 4) is 11.5 Å². The second kappa shape index (κ2) is 11.0. The van der Waals surface area contributed by atoms with E-state index in [0.717, 1.165) is 23.6 Å². The number of aryl methyl sites for hydroxylation is 1. The molecule has 3 aromatic heterocycles. The SMILES string of the molecule is COC(=O)[C@@H]1CN(c2ccc(Nc3nccc(Nc4ccnc(-c5cccc(C)n5)n4)n3)cc2)CCN1. The van der Waals surface area contributed by atoms with Crippen LogP contribution in [0.25, 0.3) is 11.5 Å². The monoisotopic (exact) mass is 497 g/mol. The fourth-order valence-electron chi connectivity index (χ4n) is 4.01. The van der Waals surface area contributed by atoms with Gasteiger partial charge in [-0.25, -0.2) is 19.9 Å². The summed E-state index contributed by atoms with van der Waals surface area (Å²) in [5.74, 6) is 1.91. The van der Waals surface area contributed by atoms with E-state index in [1.54, 1.807) is 24.5 Å². The van der Waals surface area contributed by atoms with Gasteiger partial charge in [0.05, 0.1) is 7.11 Å². The molecule has 0 aliphatic carbocycles. The van der Waals surface area contributed by atoms with Crippen LogP contribution in [0.1, 0.15) is 5.69 Å². The molecule has 0 saturated carbocycles. The Labute approximate surface area is 214 Å². The molecule has 3 N–H and O–H groups in total. The maximum Gasteiger partial charge on any atom is 0.324 e. The number of aromatic nitrogens is 5. The molecule has 11 nitrogen and oxygen atoms in total. The van der Waals surface area contributed by atoms with Gasteiger partial charge in [-0.15, -0.1) is 0 Å². The number of esters is 1. The predicted molar refractivity (Wildman–Crippen MR) is 141 cm³/mol. The highest BCUT2D eigenvalue weighted by Gasteiger charge is 2.26. The van der Waals surface area contributed by atoms with E-state index in [0.29, 0.717) is 42.2 Å². The van der Waals surface area contributed by atoms with Gasteiger partial charge in [0, 0.05) is 49.1 Å². The topological polar surface area (TPSA) is 130 Å². The Hall–Kier alpha value is -4.64. The molecule has 0 spiro atoms. The Bertz CT molecular complexity index is 1380. The van der Waals surface area contributed by atoms with Gasteiger partial charge in [0.2, 0.25) is 5.95 Å². The van der Waals surface area contributed by atoms with Gasteiger partial charge in [0.15, 0.2) is 5.82 Å². The first-order valence-electron chi connectivity index (χ1n) is 11.9. The number of piperazine rings is 1. The molecule has 0 amide bonds. The number of rotatable bonds is 7. The van der Waals surface area contributed by atoms with Crippen LogP contribution >= 0.6 is 0 Å². The van der Waals surface area contributed by atoms with Crippen LogP contribution in [0.3, 0.4) is 0 Å². The molecule has 4 aromatic rings. The van der Waals surface area contributed by atoms with Crippen molar-refractivity contribution >= 4 is 34.9 Å². The standard InChI is InChI=1S/C26H27N9O2/c1-17-4-3-5-20(30-17)24-28-12-10-22(33-24)32-23-11-13-29-26(34-23)31-18-6-8-19(9-7-18)35-15-14-27-21(16-35)25(36)37-2/h3-13,21,27H,14-16H2,1-2H3,(H2,28,29,31,32,33,34)/t21-/m0/s1. The number of benzene rings is 1. The number of ether oxygens (including phenoxy) is 1. The van der Waals surface area contributed by atoms with Crippen molar-refractivity contribution in [3.63, 3.8) is 0 Å². The van der Waals surface area contributed by atoms with Crippen molar-refractivity contribution in [1.82, 2.24) is 30.2 Å². The molecule has 0 radical (unpaired) electrons. The number of hydrogen-bond donors (Lipinski definition) is 3. The van der Waals surface area contributed by atoms with Crippen LogP contribution in [0.15, 0.2) is 67.0 Å². The summed E-state index contributed by atoms with van der Waals surface area (Å²) in [6.45, 7) is 4.01. The van der Waals surface area contributed by atoms with Crippen LogP contribution in [0.5, 0.6) is 0 Å². The first-order chi connectivity index (χ1) is 18.1. The van der Waals surface area contributed by atoms with E-state index in [4.69, 9.17) is 4.74 Å².